The number of aliphatic hydroxyl groups is 3. The zero-order chi connectivity index (χ0) is 12.1. The van der Waals surface area contributed by atoms with E-state index in [1.165, 1.54) is 13.2 Å². The van der Waals surface area contributed by atoms with Crippen LogP contribution in [0.25, 0.3) is 0 Å². The smallest absolute Gasteiger partial charge is 0.184 e. The molecule has 94 valence electrons. The summed E-state index contributed by atoms with van der Waals surface area (Å²) in [7, 11) is 1.45. The van der Waals surface area contributed by atoms with Crippen molar-refractivity contribution >= 4 is 0 Å². The van der Waals surface area contributed by atoms with E-state index in [0.717, 1.165) is 0 Å². The van der Waals surface area contributed by atoms with E-state index in [4.69, 9.17) is 14.2 Å². The lowest BCUT2D eigenvalue weighted by Crippen LogP contribution is -2.59. The van der Waals surface area contributed by atoms with Crippen molar-refractivity contribution in [3.8, 4) is 0 Å². The molecule has 0 aliphatic carbocycles. The number of rotatable bonds is 5. The second-order valence-corrected chi connectivity index (χ2v) is 3.59. The first kappa shape index (κ1) is 13.6. The van der Waals surface area contributed by atoms with E-state index < -0.39 is 30.7 Å². The summed E-state index contributed by atoms with van der Waals surface area (Å²) in [4.78, 5) is 0. The molecule has 1 aliphatic heterocycles. The highest BCUT2D eigenvalue weighted by Gasteiger charge is 2.44. The molecule has 0 amide bonds. The predicted molar refractivity (Wildman–Crippen MR) is 54.7 cm³/mol. The minimum absolute atomic E-state index is 0.110. The quantitative estimate of drug-likeness (QED) is 0.509. The molecular weight excluding hydrogens is 216 g/mol. The van der Waals surface area contributed by atoms with Crippen LogP contribution < -0.4 is 0 Å². The SMILES string of the molecule is C=CCO[C@@H]1[C@@H](O)[C@@H](O)O[C@H](COC)[C@H]1O. The van der Waals surface area contributed by atoms with Gasteiger partial charge in [0.2, 0.25) is 0 Å². The number of aliphatic hydroxyl groups excluding tert-OH is 3. The van der Waals surface area contributed by atoms with Gasteiger partial charge in [-0.2, -0.15) is 0 Å². The van der Waals surface area contributed by atoms with Gasteiger partial charge in [0.1, 0.15) is 24.4 Å². The van der Waals surface area contributed by atoms with E-state index >= 15 is 0 Å². The minimum atomic E-state index is -1.39. The molecule has 0 bridgehead atoms. The van der Waals surface area contributed by atoms with Crippen molar-refractivity contribution < 1.29 is 29.5 Å². The number of hydrogen-bond acceptors (Lipinski definition) is 6. The van der Waals surface area contributed by atoms with E-state index in [-0.39, 0.29) is 13.2 Å². The van der Waals surface area contributed by atoms with Crippen molar-refractivity contribution in [1.82, 2.24) is 0 Å². The third-order valence-electron chi connectivity index (χ3n) is 2.40. The van der Waals surface area contributed by atoms with Crippen LogP contribution in [-0.4, -0.2) is 66.3 Å². The minimum Gasteiger partial charge on any atom is -0.387 e. The molecule has 1 heterocycles. The van der Waals surface area contributed by atoms with Gasteiger partial charge in [0.15, 0.2) is 6.29 Å². The van der Waals surface area contributed by atoms with E-state index in [0.29, 0.717) is 0 Å². The number of hydrogen-bond donors (Lipinski definition) is 3. The van der Waals surface area contributed by atoms with Gasteiger partial charge in [-0.05, 0) is 0 Å². The van der Waals surface area contributed by atoms with Gasteiger partial charge in [0, 0.05) is 7.11 Å². The average molecular weight is 234 g/mol. The molecule has 1 saturated heterocycles. The summed E-state index contributed by atoms with van der Waals surface area (Å²) in [6.07, 6.45) is -3.88. The van der Waals surface area contributed by atoms with Gasteiger partial charge in [0.25, 0.3) is 0 Å². The molecule has 6 heteroatoms. The second-order valence-electron chi connectivity index (χ2n) is 3.59. The first-order valence-electron chi connectivity index (χ1n) is 5.03. The summed E-state index contributed by atoms with van der Waals surface area (Å²) in [6.45, 7) is 3.74. The molecule has 16 heavy (non-hydrogen) atoms. The van der Waals surface area contributed by atoms with E-state index in [2.05, 4.69) is 6.58 Å². The van der Waals surface area contributed by atoms with Gasteiger partial charge in [-0.15, -0.1) is 6.58 Å². The van der Waals surface area contributed by atoms with Gasteiger partial charge in [0.05, 0.1) is 13.2 Å². The van der Waals surface area contributed by atoms with Crippen molar-refractivity contribution in [3.05, 3.63) is 12.7 Å². The second kappa shape index (κ2) is 6.29. The maximum Gasteiger partial charge on any atom is 0.184 e. The highest BCUT2D eigenvalue weighted by Crippen LogP contribution is 2.22. The van der Waals surface area contributed by atoms with Gasteiger partial charge in [-0.3, -0.25) is 0 Å². The molecule has 0 saturated carbocycles. The van der Waals surface area contributed by atoms with Crippen LogP contribution >= 0.6 is 0 Å². The molecule has 0 radical (unpaired) electrons. The summed E-state index contributed by atoms with van der Waals surface area (Å²) in [5.74, 6) is 0. The summed E-state index contributed by atoms with van der Waals surface area (Å²) in [5, 5.41) is 28.8. The highest BCUT2D eigenvalue weighted by molar-refractivity contribution is 4.90. The molecule has 0 aromatic carbocycles. The number of methoxy groups -OCH3 is 1. The Morgan fingerprint density at radius 1 is 1.31 bits per heavy atom. The van der Waals surface area contributed by atoms with Gasteiger partial charge in [-0.25, -0.2) is 0 Å². The van der Waals surface area contributed by atoms with Crippen LogP contribution in [0.3, 0.4) is 0 Å². The molecule has 3 N–H and O–H groups in total. The summed E-state index contributed by atoms with van der Waals surface area (Å²) in [6, 6.07) is 0. The van der Waals surface area contributed by atoms with Crippen molar-refractivity contribution in [2.45, 2.75) is 30.7 Å². The Bertz CT molecular complexity index is 221. The molecule has 6 nitrogen and oxygen atoms in total. The van der Waals surface area contributed by atoms with Crippen LogP contribution in [0.2, 0.25) is 0 Å². The summed E-state index contributed by atoms with van der Waals surface area (Å²) in [5.41, 5.74) is 0. The van der Waals surface area contributed by atoms with Crippen LogP contribution in [0.5, 0.6) is 0 Å². The number of ether oxygens (including phenoxy) is 3. The lowest BCUT2D eigenvalue weighted by atomic mass is 9.99. The van der Waals surface area contributed by atoms with Crippen LogP contribution in [0, 0.1) is 0 Å². The van der Waals surface area contributed by atoms with Crippen molar-refractivity contribution in [1.29, 1.82) is 0 Å². The fraction of sp³-hybridized carbons (Fsp3) is 0.800. The third-order valence-corrected chi connectivity index (χ3v) is 2.40. The molecule has 1 aliphatic rings. The molecule has 0 spiro atoms. The molecule has 0 aromatic heterocycles. The fourth-order valence-electron chi connectivity index (χ4n) is 1.59. The normalized spacial score (nSPS) is 39.6. The Labute approximate surface area is 94.1 Å². The molecule has 5 atom stereocenters. The summed E-state index contributed by atoms with van der Waals surface area (Å²) < 4.78 is 15.0. The highest BCUT2D eigenvalue weighted by atomic mass is 16.7. The lowest BCUT2D eigenvalue weighted by Gasteiger charge is -2.40. The Balaban J connectivity index is 2.65. The molecule has 0 aromatic rings. The first-order valence-corrected chi connectivity index (χ1v) is 5.03. The van der Waals surface area contributed by atoms with Crippen molar-refractivity contribution in [3.63, 3.8) is 0 Å². The van der Waals surface area contributed by atoms with Crippen LogP contribution in [0.15, 0.2) is 12.7 Å². The monoisotopic (exact) mass is 234 g/mol. The molecule has 0 unspecified atom stereocenters. The first-order chi connectivity index (χ1) is 7.61. The standard InChI is InChI=1S/C10H18O6/c1-3-4-15-9-7(11)6(5-14-2)16-10(13)8(9)12/h3,6-13H,1,4-5H2,2H3/t6-,7-,8-,9+,10+/m1/s1. The predicted octanol–water partition coefficient (Wildman–Crippen LogP) is -1.36. The topological polar surface area (TPSA) is 88.4 Å². The Hall–Kier alpha value is -0.500. The van der Waals surface area contributed by atoms with Gasteiger partial charge in [-0.1, -0.05) is 6.08 Å². The lowest BCUT2D eigenvalue weighted by molar-refractivity contribution is -0.293. The molecular formula is C10H18O6. The summed E-state index contributed by atoms with van der Waals surface area (Å²) >= 11 is 0. The maximum absolute atomic E-state index is 9.84. The van der Waals surface area contributed by atoms with E-state index in [1.54, 1.807) is 0 Å². The zero-order valence-electron chi connectivity index (χ0n) is 9.15. The maximum atomic E-state index is 9.84. The van der Waals surface area contributed by atoms with Crippen molar-refractivity contribution in [2.24, 2.45) is 0 Å². The van der Waals surface area contributed by atoms with Crippen LogP contribution in [-0.2, 0) is 14.2 Å². The van der Waals surface area contributed by atoms with Gasteiger partial charge < -0.3 is 29.5 Å². The molecule has 1 rings (SSSR count). The molecule has 1 fully saturated rings. The Morgan fingerprint density at radius 3 is 2.56 bits per heavy atom. The van der Waals surface area contributed by atoms with Crippen LogP contribution in [0.4, 0.5) is 0 Å². The Morgan fingerprint density at radius 2 is 2.00 bits per heavy atom. The van der Waals surface area contributed by atoms with Crippen LogP contribution in [0.1, 0.15) is 0 Å². The van der Waals surface area contributed by atoms with Crippen molar-refractivity contribution in [2.75, 3.05) is 20.3 Å². The third kappa shape index (κ3) is 3.00. The van der Waals surface area contributed by atoms with Gasteiger partial charge >= 0.3 is 0 Å². The Kier molecular flexibility index (Phi) is 5.33. The largest absolute Gasteiger partial charge is 0.387 e. The van der Waals surface area contributed by atoms with E-state index in [1.807, 2.05) is 0 Å². The zero-order valence-corrected chi connectivity index (χ0v) is 9.15. The van der Waals surface area contributed by atoms with E-state index in [9.17, 15) is 15.3 Å². The fourth-order valence-corrected chi connectivity index (χ4v) is 1.59. The average Bonchev–Trinajstić information content (AvgIpc) is 2.26.